The van der Waals surface area contributed by atoms with Crippen LogP contribution in [-0.4, -0.2) is 41.6 Å². The SMILES string of the molecule is CCN1C(=S)N[C@@H](c2ccc(NC(=O)Cc3ccc(OC)cc3)cc2)C(C(=O)OC(C)C)=C1C. The highest BCUT2D eigenvalue weighted by Gasteiger charge is 2.34. The molecule has 0 unspecified atom stereocenters. The zero-order valence-corrected chi connectivity index (χ0v) is 21.0. The van der Waals surface area contributed by atoms with E-state index in [1.54, 1.807) is 7.11 Å². The normalized spacial score (nSPS) is 15.8. The number of amides is 1. The molecule has 0 bridgehead atoms. The highest BCUT2D eigenvalue weighted by atomic mass is 32.1. The fraction of sp³-hybridized carbons (Fsp3) is 0.346. The maximum Gasteiger partial charge on any atom is 0.338 e. The number of nitrogens with zero attached hydrogens (tertiary/aromatic N) is 1. The molecule has 180 valence electrons. The Morgan fingerprint density at radius 2 is 1.76 bits per heavy atom. The number of nitrogens with one attached hydrogen (secondary N) is 2. The number of carbonyl (C=O) groups is 2. The minimum Gasteiger partial charge on any atom is -0.497 e. The van der Waals surface area contributed by atoms with Crippen molar-refractivity contribution >= 4 is 34.9 Å². The van der Waals surface area contributed by atoms with Gasteiger partial charge in [0.25, 0.3) is 0 Å². The average molecular weight is 482 g/mol. The van der Waals surface area contributed by atoms with Gasteiger partial charge in [-0.15, -0.1) is 0 Å². The van der Waals surface area contributed by atoms with E-state index in [1.807, 2.05) is 81.1 Å². The number of anilines is 1. The van der Waals surface area contributed by atoms with E-state index >= 15 is 0 Å². The fourth-order valence-corrected chi connectivity index (χ4v) is 4.23. The highest BCUT2D eigenvalue weighted by molar-refractivity contribution is 7.80. The van der Waals surface area contributed by atoms with Gasteiger partial charge in [-0.3, -0.25) is 4.79 Å². The van der Waals surface area contributed by atoms with Gasteiger partial charge in [0.15, 0.2) is 5.11 Å². The summed E-state index contributed by atoms with van der Waals surface area (Å²) < 4.78 is 10.7. The van der Waals surface area contributed by atoms with E-state index in [-0.39, 0.29) is 24.4 Å². The van der Waals surface area contributed by atoms with Crippen LogP contribution in [0.25, 0.3) is 0 Å². The number of methoxy groups -OCH3 is 1. The third-order valence-corrected chi connectivity index (χ3v) is 5.86. The summed E-state index contributed by atoms with van der Waals surface area (Å²) >= 11 is 5.53. The number of hydrogen-bond donors (Lipinski definition) is 2. The summed E-state index contributed by atoms with van der Waals surface area (Å²) in [6.45, 7) is 8.15. The molecule has 0 spiro atoms. The molecule has 0 saturated carbocycles. The molecule has 1 atom stereocenters. The van der Waals surface area contributed by atoms with Gasteiger partial charge in [0.2, 0.25) is 5.91 Å². The Balaban J connectivity index is 1.77. The Morgan fingerprint density at radius 1 is 1.12 bits per heavy atom. The average Bonchev–Trinajstić information content (AvgIpc) is 2.79. The number of allylic oxidation sites excluding steroid dienone is 1. The van der Waals surface area contributed by atoms with Gasteiger partial charge < -0.3 is 25.0 Å². The molecule has 7 nitrogen and oxygen atoms in total. The number of thiocarbonyl (C=S) groups is 1. The second kappa shape index (κ2) is 11.2. The maximum atomic E-state index is 12.9. The first kappa shape index (κ1) is 25.2. The number of esters is 1. The molecule has 3 rings (SSSR count). The van der Waals surface area contributed by atoms with Crippen LogP contribution in [0.5, 0.6) is 5.75 Å². The molecule has 0 radical (unpaired) electrons. The Bertz CT molecular complexity index is 1080. The minimum atomic E-state index is -0.439. The predicted octanol–water partition coefficient (Wildman–Crippen LogP) is 4.35. The van der Waals surface area contributed by atoms with Crippen molar-refractivity contribution in [3.05, 3.63) is 70.9 Å². The third-order valence-electron chi connectivity index (χ3n) is 5.53. The van der Waals surface area contributed by atoms with Crippen molar-refractivity contribution < 1.29 is 19.1 Å². The van der Waals surface area contributed by atoms with Crippen LogP contribution >= 0.6 is 12.2 Å². The van der Waals surface area contributed by atoms with Gasteiger partial charge >= 0.3 is 5.97 Å². The van der Waals surface area contributed by atoms with Crippen molar-refractivity contribution in [2.45, 2.75) is 46.3 Å². The Kier molecular flexibility index (Phi) is 8.28. The summed E-state index contributed by atoms with van der Waals surface area (Å²) in [5.41, 5.74) is 3.72. The predicted molar refractivity (Wildman–Crippen MR) is 137 cm³/mol. The molecule has 1 aliphatic rings. The topological polar surface area (TPSA) is 79.9 Å². The molecule has 34 heavy (non-hydrogen) atoms. The zero-order chi connectivity index (χ0) is 24.8. The van der Waals surface area contributed by atoms with Crippen LogP contribution in [-0.2, 0) is 20.7 Å². The van der Waals surface area contributed by atoms with E-state index in [2.05, 4.69) is 10.6 Å². The van der Waals surface area contributed by atoms with Gasteiger partial charge in [0, 0.05) is 17.9 Å². The lowest BCUT2D eigenvalue weighted by Gasteiger charge is -2.37. The fourth-order valence-electron chi connectivity index (χ4n) is 3.85. The van der Waals surface area contributed by atoms with Crippen molar-refractivity contribution in [2.75, 3.05) is 19.0 Å². The summed E-state index contributed by atoms with van der Waals surface area (Å²) in [4.78, 5) is 27.3. The van der Waals surface area contributed by atoms with E-state index in [0.29, 0.717) is 22.9 Å². The summed E-state index contributed by atoms with van der Waals surface area (Å²) in [5.74, 6) is 0.256. The van der Waals surface area contributed by atoms with Crippen LogP contribution in [0.2, 0.25) is 0 Å². The lowest BCUT2D eigenvalue weighted by molar-refractivity contribution is -0.143. The van der Waals surface area contributed by atoms with Crippen molar-refractivity contribution in [1.29, 1.82) is 0 Å². The van der Waals surface area contributed by atoms with Gasteiger partial charge in [0.1, 0.15) is 5.75 Å². The van der Waals surface area contributed by atoms with E-state index in [1.165, 1.54) is 0 Å². The van der Waals surface area contributed by atoms with Gasteiger partial charge in [-0.25, -0.2) is 4.79 Å². The molecule has 0 saturated heterocycles. The van der Waals surface area contributed by atoms with E-state index in [4.69, 9.17) is 21.7 Å². The molecule has 2 aromatic rings. The van der Waals surface area contributed by atoms with Crippen LogP contribution in [0.3, 0.4) is 0 Å². The molecule has 1 amide bonds. The second-order valence-corrected chi connectivity index (χ2v) is 8.66. The number of hydrogen-bond acceptors (Lipinski definition) is 5. The molecule has 0 fully saturated rings. The van der Waals surface area contributed by atoms with Gasteiger partial charge in [-0.05, 0) is 75.3 Å². The zero-order valence-electron chi connectivity index (χ0n) is 20.2. The maximum absolute atomic E-state index is 12.9. The Morgan fingerprint density at radius 3 is 2.32 bits per heavy atom. The first-order chi connectivity index (χ1) is 16.2. The van der Waals surface area contributed by atoms with Crippen LogP contribution in [0.1, 0.15) is 44.9 Å². The van der Waals surface area contributed by atoms with Crippen molar-refractivity contribution in [1.82, 2.24) is 10.2 Å². The quantitative estimate of drug-likeness (QED) is 0.429. The van der Waals surface area contributed by atoms with E-state index in [9.17, 15) is 9.59 Å². The number of ether oxygens (including phenoxy) is 2. The first-order valence-corrected chi connectivity index (χ1v) is 11.7. The third kappa shape index (κ3) is 5.94. The second-order valence-electron chi connectivity index (χ2n) is 8.27. The lowest BCUT2D eigenvalue weighted by atomic mass is 9.94. The summed E-state index contributed by atoms with van der Waals surface area (Å²) in [5, 5.41) is 6.74. The number of carbonyl (C=O) groups excluding carboxylic acids is 2. The van der Waals surface area contributed by atoms with Crippen LogP contribution in [0, 0.1) is 0 Å². The lowest BCUT2D eigenvalue weighted by Crippen LogP contribution is -2.47. The number of benzene rings is 2. The summed E-state index contributed by atoms with van der Waals surface area (Å²) in [6, 6.07) is 14.3. The van der Waals surface area contributed by atoms with Crippen molar-refractivity contribution in [3.8, 4) is 5.75 Å². The first-order valence-electron chi connectivity index (χ1n) is 11.3. The number of rotatable bonds is 8. The molecular weight excluding hydrogens is 450 g/mol. The molecule has 2 aromatic carbocycles. The minimum absolute atomic E-state index is 0.120. The molecule has 0 aliphatic carbocycles. The van der Waals surface area contributed by atoms with Gasteiger partial charge in [-0.1, -0.05) is 24.3 Å². The summed E-state index contributed by atoms with van der Waals surface area (Å²) in [7, 11) is 1.61. The van der Waals surface area contributed by atoms with E-state index in [0.717, 1.165) is 22.6 Å². The van der Waals surface area contributed by atoms with Crippen LogP contribution in [0.15, 0.2) is 59.8 Å². The van der Waals surface area contributed by atoms with Crippen LogP contribution in [0.4, 0.5) is 5.69 Å². The molecule has 1 aliphatic heterocycles. The van der Waals surface area contributed by atoms with Gasteiger partial charge in [-0.2, -0.15) is 0 Å². The summed E-state index contributed by atoms with van der Waals surface area (Å²) in [6.07, 6.45) is 0.0187. The van der Waals surface area contributed by atoms with E-state index < -0.39 is 6.04 Å². The molecule has 8 heteroatoms. The molecular formula is C26H31N3O4S. The standard InChI is InChI=1S/C26H31N3O4S/c1-6-29-17(4)23(25(31)33-16(2)3)24(28-26(29)34)19-9-11-20(12-10-19)27-22(30)15-18-7-13-21(32-5)14-8-18/h7-14,16,24H,6,15H2,1-5H3,(H,27,30)(H,28,34)/t24-/m0/s1. The van der Waals surface area contributed by atoms with Crippen LogP contribution < -0.4 is 15.4 Å². The highest BCUT2D eigenvalue weighted by Crippen LogP contribution is 2.32. The Hall–Kier alpha value is -3.39. The molecule has 2 N–H and O–H groups in total. The van der Waals surface area contributed by atoms with Gasteiger partial charge in [0.05, 0.1) is 31.2 Å². The monoisotopic (exact) mass is 481 g/mol. The Labute approximate surface area is 206 Å². The smallest absolute Gasteiger partial charge is 0.338 e. The largest absolute Gasteiger partial charge is 0.497 e. The molecule has 0 aromatic heterocycles. The van der Waals surface area contributed by atoms with Crippen molar-refractivity contribution in [3.63, 3.8) is 0 Å². The van der Waals surface area contributed by atoms with Crippen molar-refractivity contribution in [2.24, 2.45) is 0 Å². The molecule has 1 heterocycles.